The fraction of sp³-hybridized carbons (Fsp3) is 0.0741. The number of nitrogens with zero attached hydrogens (tertiary/aromatic N) is 3. The van der Waals surface area contributed by atoms with Crippen molar-refractivity contribution in [3.8, 4) is 5.75 Å². The summed E-state index contributed by atoms with van der Waals surface area (Å²) in [5.41, 5.74) is 3.91. The van der Waals surface area contributed by atoms with Crippen molar-refractivity contribution in [3.05, 3.63) is 112 Å². The molecule has 0 saturated carbocycles. The predicted molar refractivity (Wildman–Crippen MR) is 141 cm³/mol. The van der Waals surface area contributed by atoms with Crippen LogP contribution >= 0.6 is 23.1 Å². The van der Waals surface area contributed by atoms with E-state index in [4.69, 9.17) is 4.74 Å². The Bertz CT molecular complexity index is 1350. The van der Waals surface area contributed by atoms with E-state index in [-0.39, 0.29) is 5.91 Å². The molecule has 1 amide bonds. The molecule has 1 fully saturated rings. The Morgan fingerprint density at radius 2 is 1.76 bits per heavy atom. The second-order valence-electron chi connectivity index (χ2n) is 7.61. The number of thiazole rings is 1. The summed E-state index contributed by atoms with van der Waals surface area (Å²) in [6, 6.07) is 25.5. The van der Waals surface area contributed by atoms with Gasteiger partial charge in [-0.1, -0.05) is 66.2 Å². The van der Waals surface area contributed by atoms with Crippen LogP contribution in [0.25, 0.3) is 6.08 Å². The SMILES string of the molecule is Cc1ccc(COc2ccccc2/C=C2\S/C(=N/c3nccs3)N(c3ccccc3)C2=O)cc1. The third-order valence-corrected chi connectivity index (χ3v) is 6.79. The molecule has 1 aromatic heterocycles. The number of benzene rings is 3. The lowest BCUT2D eigenvalue weighted by molar-refractivity contribution is -0.113. The number of carbonyl (C=O) groups is 1. The van der Waals surface area contributed by atoms with Crippen molar-refractivity contribution < 1.29 is 9.53 Å². The van der Waals surface area contributed by atoms with Gasteiger partial charge in [-0.05, 0) is 48.5 Å². The number of amidine groups is 1. The first-order valence-corrected chi connectivity index (χ1v) is 12.4. The van der Waals surface area contributed by atoms with Gasteiger partial charge in [-0.2, -0.15) is 4.99 Å². The molecule has 2 heterocycles. The molecule has 5 nitrogen and oxygen atoms in total. The van der Waals surface area contributed by atoms with Crippen molar-refractivity contribution in [2.24, 2.45) is 4.99 Å². The Balaban J connectivity index is 1.45. The number of amides is 1. The molecule has 0 N–H and O–H groups in total. The second-order valence-corrected chi connectivity index (χ2v) is 9.49. The lowest BCUT2D eigenvalue weighted by atomic mass is 10.1. The van der Waals surface area contributed by atoms with Crippen LogP contribution in [0.5, 0.6) is 5.75 Å². The molecule has 1 aliphatic heterocycles. The molecule has 168 valence electrons. The number of hydrogen-bond donors (Lipinski definition) is 0. The first-order chi connectivity index (χ1) is 16.7. The highest BCUT2D eigenvalue weighted by Gasteiger charge is 2.35. The molecular weight excluding hydrogens is 462 g/mol. The molecule has 0 aliphatic carbocycles. The molecule has 4 aromatic rings. The van der Waals surface area contributed by atoms with Gasteiger partial charge >= 0.3 is 0 Å². The van der Waals surface area contributed by atoms with Crippen LogP contribution in [0.4, 0.5) is 10.8 Å². The number of ether oxygens (including phenoxy) is 1. The molecule has 1 aliphatic rings. The molecule has 1 saturated heterocycles. The molecule has 0 radical (unpaired) electrons. The van der Waals surface area contributed by atoms with E-state index < -0.39 is 0 Å². The quantitative estimate of drug-likeness (QED) is 0.282. The summed E-state index contributed by atoms with van der Waals surface area (Å²) < 4.78 is 6.11. The van der Waals surface area contributed by atoms with E-state index >= 15 is 0 Å². The van der Waals surface area contributed by atoms with Gasteiger partial charge < -0.3 is 4.74 Å². The van der Waals surface area contributed by atoms with Crippen molar-refractivity contribution in [2.45, 2.75) is 13.5 Å². The molecule has 3 aromatic carbocycles. The zero-order valence-electron chi connectivity index (χ0n) is 18.4. The maximum atomic E-state index is 13.5. The Hall–Kier alpha value is -3.68. The van der Waals surface area contributed by atoms with Gasteiger partial charge in [0, 0.05) is 17.1 Å². The Kier molecular flexibility index (Phi) is 6.56. The van der Waals surface area contributed by atoms with Crippen LogP contribution < -0.4 is 9.64 Å². The van der Waals surface area contributed by atoms with E-state index in [9.17, 15) is 4.79 Å². The Labute approximate surface area is 206 Å². The van der Waals surface area contributed by atoms with Gasteiger partial charge in [0.2, 0.25) is 5.13 Å². The second kappa shape index (κ2) is 10.1. The van der Waals surface area contributed by atoms with E-state index in [0.717, 1.165) is 22.6 Å². The molecule has 5 rings (SSSR count). The van der Waals surface area contributed by atoms with E-state index in [2.05, 4.69) is 41.2 Å². The van der Waals surface area contributed by atoms with E-state index in [1.807, 2.05) is 66.1 Å². The normalized spacial score (nSPS) is 15.9. The van der Waals surface area contributed by atoms with Crippen LogP contribution in [-0.2, 0) is 11.4 Å². The molecular formula is C27H21N3O2S2. The predicted octanol–water partition coefficient (Wildman–Crippen LogP) is 6.84. The summed E-state index contributed by atoms with van der Waals surface area (Å²) in [5.74, 6) is 0.598. The zero-order valence-corrected chi connectivity index (χ0v) is 20.1. The molecule has 0 spiro atoms. The molecule has 0 atom stereocenters. The third-order valence-electron chi connectivity index (χ3n) is 5.15. The van der Waals surface area contributed by atoms with Crippen LogP contribution in [0.1, 0.15) is 16.7 Å². The summed E-state index contributed by atoms with van der Waals surface area (Å²) in [6.07, 6.45) is 3.58. The van der Waals surface area contributed by atoms with Gasteiger partial charge in [-0.15, -0.1) is 11.3 Å². The first kappa shape index (κ1) is 22.1. The number of aryl methyl sites for hydroxylation is 1. The van der Waals surface area contributed by atoms with Crippen LogP contribution in [0.2, 0.25) is 0 Å². The highest BCUT2D eigenvalue weighted by molar-refractivity contribution is 8.19. The third kappa shape index (κ3) is 4.95. The van der Waals surface area contributed by atoms with E-state index in [0.29, 0.717) is 21.8 Å². The van der Waals surface area contributed by atoms with Crippen molar-refractivity contribution in [1.82, 2.24) is 4.98 Å². The topological polar surface area (TPSA) is 54.8 Å². The zero-order chi connectivity index (χ0) is 23.3. The summed E-state index contributed by atoms with van der Waals surface area (Å²) >= 11 is 2.77. The van der Waals surface area contributed by atoms with Crippen LogP contribution in [-0.4, -0.2) is 16.1 Å². The van der Waals surface area contributed by atoms with Crippen LogP contribution in [0.3, 0.4) is 0 Å². The van der Waals surface area contributed by atoms with Gasteiger partial charge in [-0.25, -0.2) is 4.98 Å². The number of anilines is 1. The largest absolute Gasteiger partial charge is 0.488 e. The van der Waals surface area contributed by atoms with Gasteiger partial charge in [0.15, 0.2) is 5.17 Å². The molecule has 7 heteroatoms. The van der Waals surface area contributed by atoms with Crippen molar-refractivity contribution in [2.75, 3.05) is 4.90 Å². The van der Waals surface area contributed by atoms with Crippen molar-refractivity contribution in [3.63, 3.8) is 0 Å². The van der Waals surface area contributed by atoms with Crippen LogP contribution in [0.15, 0.2) is 100 Å². The maximum absolute atomic E-state index is 13.5. The molecule has 0 bridgehead atoms. The lowest BCUT2D eigenvalue weighted by Crippen LogP contribution is -2.28. The number of hydrogen-bond acceptors (Lipinski definition) is 6. The van der Waals surface area contributed by atoms with Crippen molar-refractivity contribution >= 4 is 51.1 Å². The fourth-order valence-electron chi connectivity index (χ4n) is 3.42. The standard InChI is InChI=1S/C27H21N3O2S2/c1-19-11-13-20(14-12-19)18-32-23-10-6-5-7-21(23)17-24-25(31)30(22-8-3-2-4-9-22)27(34-24)29-26-28-15-16-33-26/h2-17H,18H2,1H3/b24-17-,29-27+. The van der Waals surface area contributed by atoms with E-state index in [1.54, 1.807) is 11.1 Å². The Morgan fingerprint density at radius 3 is 2.53 bits per heavy atom. The van der Waals surface area contributed by atoms with Gasteiger partial charge in [0.05, 0.1) is 10.6 Å². The minimum Gasteiger partial charge on any atom is -0.488 e. The number of aromatic nitrogens is 1. The minimum atomic E-state index is -0.125. The smallest absolute Gasteiger partial charge is 0.271 e. The number of thioether (sulfide) groups is 1. The summed E-state index contributed by atoms with van der Waals surface area (Å²) in [6.45, 7) is 2.52. The van der Waals surface area contributed by atoms with Gasteiger partial charge in [0.25, 0.3) is 5.91 Å². The molecule has 0 unspecified atom stereocenters. The van der Waals surface area contributed by atoms with E-state index in [1.165, 1.54) is 28.7 Å². The summed E-state index contributed by atoms with van der Waals surface area (Å²) in [4.78, 5) is 24.6. The lowest BCUT2D eigenvalue weighted by Gasteiger charge is -2.15. The average molecular weight is 484 g/mol. The summed E-state index contributed by atoms with van der Waals surface area (Å²) in [7, 11) is 0. The highest BCUT2D eigenvalue weighted by Crippen LogP contribution is 2.38. The maximum Gasteiger partial charge on any atom is 0.271 e. The number of para-hydroxylation sites is 2. The minimum absolute atomic E-state index is 0.125. The summed E-state index contributed by atoms with van der Waals surface area (Å²) in [5, 5.41) is 3.06. The first-order valence-electron chi connectivity index (χ1n) is 10.7. The Morgan fingerprint density at radius 1 is 1.00 bits per heavy atom. The van der Waals surface area contributed by atoms with Gasteiger partial charge in [-0.3, -0.25) is 9.69 Å². The number of carbonyl (C=O) groups excluding carboxylic acids is 1. The van der Waals surface area contributed by atoms with Crippen molar-refractivity contribution in [1.29, 1.82) is 0 Å². The fourth-order valence-corrected chi connectivity index (χ4v) is 4.96. The number of rotatable bonds is 6. The highest BCUT2D eigenvalue weighted by atomic mass is 32.2. The monoisotopic (exact) mass is 483 g/mol. The van der Waals surface area contributed by atoms with Crippen LogP contribution in [0, 0.1) is 6.92 Å². The van der Waals surface area contributed by atoms with Gasteiger partial charge in [0.1, 0.15) is 12.4 Å². The average Bonchev–Trinajstić information content (AvgIpc) is 3.48. The molecule has 34 heavy (non-hydrogen) atoms. The number of aliphatic imine (C=N–C) groups is 1.